The standard InChI is InChI=1S/C25H28FN5O3.C24H29N5O2.C23H25F2N5O2.C23H27N5O2/c1-14-3-8-19(26)11-20(14)25(33)29-12-16-4-6-17(7-5-16)22-21(24(28)32)23(27)31(30-22)15(2)18-9-10-34-13-18;1-14(2)16(4)29-22(25)20(23(26)30)21(28-29)18-11-9-17(10-12-18)13-27-24(31)19-8-6-5-7-15(19)3;1-12-4-9-17(25)10-18(12)23(32)28-11-15-5-7-16(8-6-15)20-19(22(27)31)21(26)30(29-20)14(3)13(2)24;1-4-15(3)28-21(24)19(22(25)29)20(27-28)17-11-9-16(10-12-17)13-26-23(30)18-8-6-5-7-14(18)2/h3-8,11,15,18H,9-10,12-13,27H2,1-2H3,(H2,28,32)(H,29,33);5-12,14,16H,13,25H2,1-4H3,(H2,26,30)(H,27,31);4-10,13-14H,11,26H2,1-3H3,(H2,27,31)(H,28,32);5-12,15H,4,13,24H2,1-3H3,(H2,25,29)(H,26,30). The SMILES string of the molecule is CCC(C)n1nc(-c2ccc(CNC(=O)c3ccccc3C)cc2)c(C(N)=O)c1N.Cc1ccc(F)cc1C(=O)NCc1ccc(-c2nn(C(C)C(C)F)c(N)c2C(N)=O)cc1.Cc1ccc(F)cc1C(=O)NCc1ccc(-c2nn(C(C)C3CCOC3)c(N)c2C(N)=O)cc1.Cc1ccccc1C(=O)NCc1ccc(-c2nn(C(C)C(C)C)c(N)c2C(N)=O)cc1. The molecule has 29 nitrogen and oxygen atoms in total. The Morgan fingerprint density at radius 2 is 0.693 bits per heavy atom. The molecule has 0 spiro atoms. The molecule has 1 fully saturated rings. The molecule has 13 rings (SSSR count). The molecular formula is C95H109F3N20O9. The molecule has 5 heterocycles. The van der Waals surface area contributed by atoms with E-state index in [-0.39, 0.29) is 123 Å². The van der Waals surface area contributed by atoms with Gasteiger partial charge in [-0.2, -0.15) is 20.4 Å². The molecule has 127 heavy (non-hydrogen) atoms. The van der Waals surface area contributed by atoms with Gasteiger partial charge in [-0.15, -0.1) is 0 Å². The predicted octanol–water partition coefficient (Wildman–Crippen LogP) is 13.9. The van der Waals surface area contributed by atoms with Gasteiger partial charge in [0.05, 0.1) is 30.8 Å². The Kier molecular flexibility index (Phi) is 31.4. The molecule has 32 heteroatoms. The molecule has 6 atom stereocenters. The number of benzene rings is 8. The first-order valence-electron chi connectivity index (χ1n) is 41.5. The van der Waals surface area contributed by atoms with E-state index in [0.29, 0.717) is 82.3 Å². The Hall–Kier alpha value is -14.7. The maximum atomic E-state index is 13.8. The Morgan fingerprint density at radius 3 is 0.992 bits per heavy atom. The van der Waals surface area contributed by atoms with E-state index in [1.165, 1.54) is 35.9 Å². The number of aromatic nitrogens is 8. The Bertz CT molecular complexity index is 5990. The second-order valence-corrected chi connectivity index (χ2v) is 31.8. The molecule has 0 saturated carbocycles. The Labute approximate surface area is 734 Å². The van der Waals surface area contributed by atoms with Crippen LogP contribution in [0.1, 0.15) is 220 Å². The minimum absolute atomic E-state index is 0.00584. The van der Waals surface area contributed by atoms with Crippen LogP contribution in [0.3, 0.4) is 0 Å². The van der Waals surface area contributed by atoms with Gasteiger partial charge in [-0.3, -0.25) is 38.4 Å². The summed E-state index contributed by atoms with van der Waals surface area (Å²) in [5, 5.41) is 29.5. The molecule has 0 aliphatic carbocycles. The van der Waals surface area contributed by atoms with Gasteiger partial charge >= 0.3 is 0 Å². The molecule has 664 valence electrons. The number of nitrogens with zero attached hydrogens (tertiary/aromatic N) is 8. The van der Waals surface area contributed by atoms with Gasteiger partial charge in [-0.25, -0.2) is 31.9 Å². The number of carbonyl (C=O) groups is 8. The molecule has 1 saturated heterocycles. The number of nitrogen functional groups attached to an aromatic ring is 4. The summed E-state index contributed by atoms with van der Waals surface area (Å²) in [6.07, 6.45) is 0.485. The van der Waals surface area contributed by atoms with Crippen LogP contribution in [0.2, 0.25) is 0 Å². The lowest BCUT2D eigenvalue weighted by atomic mass is 10.0. The van der Waals surface area contributed by atoms with Crippen LogP contribution in [0.5, 0.6) is 0 Å². The molecule has 1 aliphatic heterocycles. The van der Waals surface area contributed by atoms with E-state index in [0.717, 1.165) is 57.3 Å². The molecule has 4 aromatic heterocycles. The number of primary amides is 4. The van der Waals surface area contributed by atoms with Gasteiger partial charge < -0.3 is 71.9 Å². The number of anilines is 4. The van der Waals surface area contributed by atoms with Crippen LogP contribution in [0.25, 0.3) is 45.0 Å². The zero-order valence-corrected chi connectivity index (χ0v) is 73.0. The van der Waals surface area contributed by atoms with Crippen LogP contribution in [0, 0.1) is 51.2 Å². The second-order valence-electron chi connectivity index (χ2n) is 31.8. The number of hydrogen-bond acceptors (Lipinski definition) is 17. The summed E-state index contributed by atoms with van der Waals surface area (Å²) >= 11 is 0. The van der Waals surface area contributed by atoms with Crippen molar-refractivity contribution >= 4 is 70.5 Å². The van der Waals surface area contributed by atoms with Crippen LogP contribution < -0.4 is 67.1 Å². The maximum absolute atomic E-state index is 13.8. The van der Waals surface area contributed by atoms with Crippen molar-refractivity contribution in [2.75, 3.05) is 36.1 Å². The van der Waals surface area contributed by atoms with Gasteiger partial charge in [0.2, 0.25) is 0 Å². The average molecular weight is 1730 g/mol. The van der Waals surface area contributed by atoms with Crippen molar-refractivity contribution in [3.05, 3.63) is 283 Å². The van der Waals surface area contributed by atoms with Gasteiger partial charge in [-0.1, -0.05) is 166 Å². The zero-order valence-electron chi connectivity index (χ0n) is 73.0. The third kappa shape index (κ3) is 22.7. The van der Waals surface area contributed by atoms with E-state index in [4.69, 9.17) is 50.6 Å². The van der Waals surface area contributed by atoms with Crippen molar-refractivity contribution in [2.24, 2.45) is 34.8 Å². The maximum Gasteiger partial charge on any atom is 0.254 e. The van der Waals surface area contributed by atoms with E-state index in [1.54, 1.807) is 95.5 Å². The normalized spacial score (nSPS) is 13.4. The van der Waals surface area contributed by atoms with Crippen molar-refractivity contribution in [3.8, 4) is 45.0 Å². The fraction of sp³-hybridized carbons (Fsp3) is 0.284. The average Bonchev–Trinajstić information content (AvgIpc) is 1.65. The smallest absolute Gasteiger partial charge is 0.254 e. The lowest BCUT2D eigenvalue weighted by Gasteiger charge is -2.19. The zero-order chi connectivity index (χ0) is 92.5. The fourth-order valence-electron chi connectivity index (χ4n) is 14.2. The number of nitrogens with one attached hydrogen (secondary N) is 4. The molecule has 12 aromatic rings. The molecule has 1 aliphatic rings. The van der Waals surface area contributed by atoms with E-state index >= 15 is 0 Å². The fourth-order valence-corrected chi connectivity index (χ4v) is 14.2. The van der Waals surface area contributed by atoms with E-state index in [9.17, 15) is 51.5 Å². The van der Waals surface area contributed by atoms with Gasteiger partial charge in [0.15, 0.2) is 0 Å². The summed E-state index contributed by atoms with van der Waals surface area (Å²) in [5.41, 5.74) is 60.6. The first kappa shape index (κ1) is 94.6. The highest BCUT2D eigenvalue weighted by Gasteiger charge is 2.32. The number of nitrogens with two attached hydrogens (primary N) is 8. The van der Waals surface area contributed by atoms with Crippen molar-refractivity contribution in [1.82, 2.24) is 60.4 Å². The monoisotopic (exact) mass is 1730 g/mol. The number of aryl methyl sites for hydroxylation is 4. The quantitative estimate of drug-likeness (QED) is 0.0217. The highest BCUT2D eigenvalue weighted by atomic mass is 19.1. The summed E-state index contributed by atoms with van der Waals surface area (Å²) in [7, 11) is 0. The lowest BCUT2D eigenvalue weighted by Crippen LogP contribution is -2.23. The third-order valence-electron chi connectivity index (χ3n) is 22.6. The van der Waals surface area contributed by atoms with Crippen LogP contribution in [-0.2, 0) is 30.9 Å². The van der Waals surface area contributed by atoms with Gasteiger partial charge in [0.1, 0.15) is 86.1 Å². The molecule has 8 amide bonds. The first-order valence-corrected chi connectivity index (χ1v) is 41.5. The van der Waals surface area contributed by atoms with E-state index < -0.39 is 47.5 Å². The van der Waals surface area contributed by atoms with Crippen LogP contribution >= 0.6 is 0 Å². The van der Waals surface area contributed by atoms with Gasteiger partial charge in [0, 0.05) is 83.2 Å². The third-order valence-corrected chi connectivity index (χ3v) is 22.6. The topological polar surface area (TPSA) is 473 Å². The minimum atomic E-state index is -1.24. The number of amides is 8. The molecule has 8 aromatic carbocycles. The molecule has 6 unspecified atom stereocenters. The highest BCUT2D eigenvalue weighted by molar-refractivity contribution is 6.06. The highest BCUT2D eigenvalue weighted by Crippen LogP contribution is 2.37. The summed E-state index contributed by atoms with van der Waals surface area (Å²) in [4.78, 5) is 97.9. The molecule has 20 N–H and O–H groups in total. The number of halogens is 3. The van der Waals surface area contributed by atoms with Crippen LogP contribution in [-0.4, -0.2) is 106 Å². The van der Waals surface area contributed by atoms with Crippen LogP contribution in [0.15, 0.2) is 182 Å². The Balaban J connectivity index is 0.000000177. The van der Waals surface area contributed by atoms with Gasteiger partial charge in [-0.05, 0) is 162 Å². The van der Waals surface area contributed by atoms with Crippen molar-refractivity contribution in [2.45, 2.75) is 152 Å². The van der Waals surface area contributed by atoms with Crippen molar-refractivity contribution in [3.63, 3.8) is 0 Å². The van der Waals surface area contributed by atoms with Crippen molar-refractivity contribution < 1.29 is 56.3 Å². The summed E-state index contributed by atoms with van der Waals surface area (Å²) < 4.78 is 52.4. The minimum Gasteiger partial charge on any atom is -0.383 e. The van der Waals surface area contributed by atoms with Gasteiger partial charge in [0.25, 0.3) is 47.3 Å². The molecule has 0 radical (unpaired) electrons. The number of hydrogen-bond donors (Lipinski definition) is 12. The Morgan fingerprint density at radius 1 is 0.402 bits per heavy atom. The van der Waals surface area contributed by atoms with Crippen LogP contribution in [0.4, 0.5) is 36.4 Å². The largest absolute Gasteiger partial charge is 0.383 e. The number of alkyl halides is 1. The van der Waals surface area contributed by atoms with E-state index in [1.807, 2.05) is 139 Å². The molecule has 0 bridgehead atoms. The first-order chi connectivity index (χ1) is 60.4. The molecular weight excluding hydrogens is 1620 g/mol. The summed E-state index contributed by atoms with van der Waals surface area (Å²) in [6, 6.07) is 51.5. The summed E-state index contributed by atoms with van der Waals surface area (Å²) in [5.74, 6) is -3.19. The number of carbonyl (C=O) groups excluding carboxylic acids is 8. The number of ether oxygens (including phenoxy) is 1. The van der Waals surface area contributed by atoms with E-state index in [2.05, 4.69) is 55.5 Å². The summed E-state index contributed by atoms with van der Waals surface area (Å²) in [6.45, 7) is 25.0. The lowest BCUT2D eigenvalue weighted by molar-refractivity contribution is 0.0941. The number of rotatable bonds is 28. The van der Waals surface area contributed by atoms with Crippen molar-refractivity contribution in [1.29, 1.82) is 0 Å². The predicted molar refractivity (Wildman–Crippen MR) is 485 cm³/mol. The second kappa shape index (κ2) is 42.1.